The number of halogens is 1. The van der Waals surface area contributed by atoms with Crippen LogP contribution in [-0.2, 0) is 19.5 Å². The molecule has 6 heteroatoms. The highest BCUT2D eigenvalue weighted by molar-refractivity contribution is 14.0. The lowest BCUT2D eigenvalue weighted by atomic mass is 10.1. The number of nitrogens with zero attached hydrogens (tertiary/aromatic N) is 2. The molecule has 0 bridgehead atoms. The minimum atomic E-state index is 0. The molecule has 0 saturated carbocycles. The predicted molar refractivity (Wildman–Crippen MR) is 115 cm³/mol. The molecule has 24 heavy (non-hydrogen) atoms. The van der Waals surface area contributed by atoms with Crippen LogP contribution in [0.2, 0.25) is 0 Å². The van der Waals surface area contributed by atoms with Gasteiger partial charge in [0.1, 0.15) is 0 Å². The zero-order valence-electron chi connectivity index (χ0n) is 14.6. The molecule has 0 spiro atoms. The molecule has 1 heterocycles. The topological polar surface area (TPSA) is 39.7 Å². The van der Waals surface area contributed by atoms with Crippen molar-refractivity contribution in [2.24, 2.45) is 4.99 Å². The van der Waals surface area contributed by atoms with Gasteiger partial charge in [0, 0.05) is 31.6 Å². The van der Waals surface area contributed by atoms with Crippen molar-refractivity contribution in [3.63, 3.8) is 0 Å². The van der Waals surface area contributed by atoms with Crippen LogP contribution in [-0.4, -0.2) is 38.5 Å². The van der Waals surface area contributed by atoms with E-state index in [2.05, 4.69) is 76.4 Å². The van der Waals surface area contributed by atoms with Crippen LogP contribution in [0.4, 0.5) is 0 Å². The predicted octanol–water partition coefficient (Wildman–Crippen LogP) is 3.34. The van der Waals surface area contributed by atoms with Gasteiger partial charge in [0.2, 0.25) is 0 Å². The zero-order valence-corrected chi connectivity index (χ0v) is 17.7. The van der Waals surface area contributed by atoms with Gasteiger partial charge in [0.05, 0.1) is 0 Å². The molecule has 0 radical (unpaired) electrons. The molecule has 0 aliphatic carbocycles. The number of nitrogens with one attached hydrogen (secondary N) is 2. The van der Waals surface area contributed by atoms with Crippen molar-refractivity contribution < 1.29 is 0 Å². The van der Waals surface area contributed by atoms with Gasteiger partial charge < -0.3 is 15.5 Å². The lowest BCUT2D eigenvalue weighted by Crippen LogP contribution is -2.38. The highest BCUT2D eigenvalue weighted by Gasteiger charge is 2.04. The highest BCUT2D eigenvalue weighted by atomic mass is 127. The molecule has 0 fully saturated rings. The van der Waals surface area contributed by atoms with Crippen LogP contribution in [0.25, 0.3) is 0 Å². The maximum absolute atomic E-state index is 4.30. The number of aliphatic imine (C=N–C) groups is 1. The van der Waals surface area contributed by atoms with Crippen molar-refractivity contribution in [2.75, 3.05) is 27.7 Å². The van der Waals surface area contributed by atoms with Gasteiger partial charge in [-0.2, -0.15) is 0 Å². The Morgan fingerprint density at radius 2 is 1.83 bits per heavy atom. The molecule has 0 amide bonds. The number of hydrogen-bond donors (Lipinski definition) is 2. The molecule has 2 rings (SSSR count). The lowest BCUT2D eigenvalue weighted by Gasteiger charge is -2.16. The van der Waals surface area contributed by atoms with Crippen molar-refractivity contribution in [2.45, 2.75) is 19.5 Å². The molecule has 0 saturated heterocycles. The SMILES string of the molecule is CN=C(NCCc1cccs1)NCc1ccccc1CN(C)C.I. The summed E-state index contributed by atoms with van der Waals surface area (Å²) in [6.45, 7) is 2.62. The molecule has 0 unspecified atom stereocenters. The minimum absolute atomic E-state index is 0. The third-order valence-electron chi connectivity index (χ3n) is 3.52. The van der Waals surface area contributed by atoms with Crippen LogP contribution in [0.5, 0.6) is 0 Å². The normalized spacial score (nSPS) is 11.2. The van der Waals surface area contributed by atoms with Crippen molar-refractivity contribution in [1.82, 2.24) is 15.5 Å². The quantitative estimate of drug-likeness (QED) is 0.380. The highest BCUT2D eigenvalue weighted by Crippen LogP contribution is 2.10. The molecule has 1 aromatic heterocycles. The second kappa shape index (κ2) is 11.4. The molecule has 0 aliphatic heterocycles. The average molecular weight is 458 g/mol. The Bertz CT molecular complexity index is 611. The van der Waals surface area contributed by atoms with E-state index in [4.69, 9.17) is 0 Å². The van der Waals surface area contributed by atoms with E-state index in [0.29, 0.717) is 0 Å². The van der Waals surface area contributed by atoms with E-state index >= 15 is 0 Å². The van der Waals surface area contributed by atoms with E-state index in [9.17, 15) is 0 Å². The van der Waals surface area contributed by atoms with E-state index in [1.54, 1.807) is 11.3 Å². The summed E-state index contributed by atoms with van der Waals surface area (Å²) in [7, 11) is 6.00. The fraction of sp³-hybridized carbons (Fsp3) is 0.389. The molecule has 2 N–H and O–H groups in total. The van der Waals surface area contributed by atoms with Crippen LogP contribution >= 0.6 is 35.3 Å². The van der Waals surface area contributed by atoms with Crippen molar-refractivity contribution in [3.05, 3.63) is 57.8 Å². The summed E-state index contributed by atoms with van der Waals surface area (Å²) in [5, 5.41) is 8.89. The third kappa shape index (κ3) is 7.19. The van der Waals surface area contributed by atoms with E-state index in [1.165, 1.54) is 16.0 Å². The first-order valence-electron chi connectivity index (χ1n) is 7.87. The first kappa shape index (κ1) is 20.9. The fourth-order valence-electron chi connectivity index (χ4n) is 2.38. The number of thiophene rings is 1. The van der Waals surface area contributed by atoms with Crippen LogP contribution in [0.3, 0.4) is 0 Å². The summed E-state index contributed by atoms with van der Waals surface area (Å²) >= 11 is 1.80. The Morgan fingerprint density at radius 3 is 2.46 bits per heavy atom. The Kier molecular flexibility index (Phi) is 9.97. The smallest absolute Gasteiger partial charge is 0.191 e. The number of benzene rings is 1. The van der Waals surface area contributed by atoms with Gasteiger partial charge in [-0.1, -0.05) is 30.3 Å². The van der Waals surface area contributed by atoms with Gasteiger partial charge in [0.15, 0.2) is 5.96 Å². The maximum atomic E-state index is 4.30. The summed E-state index contributed by atoms with van der Waals surface area (Å²) < 4.78 is 0. The Labute approximate surface area is 166 Å². The standard InChI is InChI=1S/C18H26N4S.HI/c1-19-18(20-11-10-17-9-6-12-23-17)21-13-15-7-4-5-8-16(15)14-22(2)3;/h4-9,12H,10-11,13-14H2,1-3H3,(H2,19,20,21);1H. The van der Waals surface area contributed by atoms with Gasteiger partial charge in [-0.3, -0.25) is 4.99 Å². The summed E-state index contributed by atoms with van der Waals surface area (Å²) in [5.41, 5.74) is 2.65. The third-order valence-corrected chi connectivity index (χ3v) is 4.45. The molecule has 132 valence electrons. The van der Waals surface area contributed by atoms with Gasteiger partial charge >= 0.3 is 0 Å². The number of hydrogen-bond acceptors (Lipinski definition) is 3. The molecule has 0 atom stereocenters. The van der Waals surface area contributed by atoms with E-state index in [-0.39, 0.29) is 24.0 Å². The minimum Gasteiger partial charge on any atom is -0.356 e. The lowest BCUT2D eigenvalue weighted by molar-refractivity contribution is 0.400. The number of guanidine groups is 1. The second-order valence-electron chi connectivity index (χ2n) is 5.69. The summed E-state index contributed by atoms with van der Waals surface area (Å²) in [5.74, 6) is 0.848. The first-order valence-corrected chi connectivity index (χ1v) is 8.75. The number of rotatable bonds is 7. The summed E-state index contributed by atoms with van der Waals surface area (Å²) in [4.78, 5) is 7.88. The Balaban J connectivity index is 0.00000288. The maximum Gasteiger partial charge on any atom is 0.191 e. The molecular weight excluding hydrogens is 431 g/mol. The summed E-state index contributed by atoms with van der Waals surface area (Å²) in [6.07, 6.45) is 1.02. The average Bonchev–Trinajstić information content (AvgIpc) is 3.05. The second-order valence-corrected chi connectivity index (χ2v) is 6.72. The van der Waals surface area contributed by atoms with Crippen LogP contribution in [0.15, 0.2) is 46.8 Å². The largest absolute Gasteiger partial charge is 0.356 e. The molecule has 1 aromatic carbocycles. The fourth-order valence-corrected chi connectivity index (χ4v) is 3.09. The summed E-state index contributed by atoms with van der Waals surface area (Å²) in [6, 6.07) is 12.8. The van der Waals surface area contributed by atoms with E-state index < -0.39 is 0 Å². The van der Waals surface area contributed by atoms with Crippen molar-refractivity contribution in [3.8, 4) is 0 Å². The Morgan fingerprint density at radius 1 is 1.08 bits per heavy atom. The Hall–Kier alpha value is -1.12. The van der Waals surface area contributed by atoms with Crippen LogP contribution < -0.4 is 10.6 Å². The molecule has 4 nitrogen and oxygen atoms in total. The van der Waals surface area contributed by atoms with Gasteiger partial charge in [-0.05, 0) is 43.1 Å². The van der Waals surface area contributed by atoms with E-state index in [1.807, 2.05) is 7.05 Å². The molecular formula is C18H27IN4S. The van der Waals surface area contributed by atoms with Gasteiger partial charge in [-0.25, -0.2) is 0 Å². The zero-order chi connectivity index (χ0) is 16.5. The first-order chi connectivity index (χ1) is 11.2. The van der Waals surface area contributed by atoms with Crippen LogP contribution in [0, 0.1) is 0 Å². The van der Waals surface area contributed by atoms with Crippen LogP contribution in [0.1, 0.15) is 16.0 Å². The van der Waals surface area contributed by atoms with Crippen molar-refractivity contribution >= 4 is 41.3 Å². The molecule has 2 aromatic rings. The van der Waals surface area contributed by atoms with Crippen molar-refractivity contribution in [1.29, 1.82) is 0 Å². The monoisotopic (exact) mass is 458 g/mol. The van der Waals surface area contributed by atoms with E-state index in [0.717, 1.165) is 32.0 Å². The van der Waals surface area contributed by atoms with Gasteiger partial charge in [0.25, 0.3) is 0 Å². The van der Waals surface area contributed by atoms with Gasteiger partial charge in [-0.15, -0.1) is 35.3 Å². The molecule has 0 aliphatic rings.